The largest absolute Gasteiger partial charge is 0.361 e. The molecule has 0 aliphatic rings. The molecule has 0 fully saturated rings. The van der Waals surface area contributed by atoms with Crippen LogP contribution in [0, 0.1) is 13.8 Å². The fourth-order valence-corrected chi connectivity index (χ4v) is 2.79. The first-order valence-corrected chi connectivity index (χ1v) is 8.01. The quantitative estimate of drug-likeness (QED) is 0.742. The number of amides is 1. The Morgan fingerprint density at radius 1 is 1.04 bits per heavy atom. The lowest BCUT2D eigenvalue weighted by atomic mass is 10.1. The number of H-pyrrole nitrogens is 1. The van der Waals surface area contributed by atoms with E-state index in [0.29, 0.717) is 13.0 Å². The fraction of sp³-hybridized carbons (Fsp3) is 0.250. The van der Waals surface area contributed by atoms with Crippen LogP contribution in [-0.2, 0) is 17.6 Å². The van der Waals surface area contributed by atoms with Gasteiger partial charge in [0, 0.05) is 23.6 Å². The number of hydrogen-bond donors (Lipinski definition) is 2. The number of nitrogens with one attached hydrogen (secondary N) is 2. The zero-order chi connectivity index (χ0) is 16.2. The van der Waals surface area contributed by atoms with Crippen molar-refractivity contribution in [2.75, 3.05) is 6.54 Å². The highest BCUT2D eigenvalue weighted by atomic mass is 16.1. The molecule has 0 unspecified atom stereocenters. The summed E-state index contributed by atoms with van der Waals surface area (Å²) in [5.41, 5.74) is 5.91. The molecule has 118 valence electrons. The summed E-state index contributed by atoms with van der Waals surface area (Å²) in [7, 11) is 0. The third-order valence-electron chi connectivity index (χ3n) is 4.12. The zero-order valence-electron chi connectivity index (χ0n) is 13.6. The van der Waals surface area contributed by atoms with Crippen molar-refractivity contribution in [3.63, 3.8) is 0 Å². The van der Waals surface area contributed by atoms with Crippen molar-refractivity contribution in [2.45, 2.75) is 26.7 Å². The van der Waals surface area contributed by atoms with Crippen LogP contribution in [0.2, 0.25) is 0 Å². The first-order chi connectivity index (χ1) is 11.1. The Bertz CT molecular complexity index is 815. The number of aromatic nitrogens is 1. The van der Waals surface area contributed by atoms with E-state index in [1.165, 1.54) is 22.1 Å². The third-order valence-corrected chi connectivity index (χ3v) is 4.12. The summed E-state index contributed by atoms with van der Waals surface area (Å²) in [6, 6.07) is 14.5. The van der Waals surface area contributed by atoms with Crippen molar-refractivity contribution in [1.82, 2.24) is 10.3 Å². The van der Waals surface area contributed by atoms with Crippen molar-refractivity contribution in [3.05, 3.63) is 70.9 Å². The summed E-state index contributed by atoms with van der Waals surface area (Å²) in [6.45, 7) is 4.80. The van der Waals surface area contributed by atoms with Gasteiger partial charge in [-0.1, -0.05) is 41.5 Å². The van der Waals surface area contributed by atoms with Gasteiger partial charge >= 0.3 is 0 Å². The molecular weight excluding hydrogens is 284 g/mol. The molecule has 0 aliphatic heterocycles. The van der Waals surface area contributed by atoms with Crippen LogP contribution in [0.3, 0.4) is 0 Å². The van der Waals surface area contributed by atoms with Crippen LogP contribution in [0.25, 0.3) is 10.9 Å². The van der Waals surface area contributed by atoms with E-state index in [0.717, 1.165) is 17.5 Å². The standard InChI is InChI=1S/C20H22N2O/c1-14-3-6-16(7-4-14)12-20(23)21-10-9-17-13-22-19-8-5-15(2)11-18(17)19/h3-8,11,13,22H,9-10,12H2,1-2H3,(H,21,23). The van der Waals surface area contributed by atoms with Gasteiger partial charge in [0.1, 0.15) is 0 Å². The smallest absolute Gasteiger partial charge is 0.224 e. The van der Waals surface area contributed by atoms with Gasteiger partial charge in [-0.25, -0.2) is 0 Å². The van der Waals surface area contributed by atoms with Crippen LogP contribution in [0.4, 0.5) is 0 Å². The molecular formula is C20H22N2O. The number of aromatic amines is 1. The zero-order valence-corrected chi connectivity index (χ0v) is 13.6. The molecule has 0 spiro atoms. The summed E-state index contributed by atoms with van der Waals surface area (Å²) in [5.74, 6) is 0.0740. The molecule has 0 aliphatic carbocycles. The van der Waals surface area contributed by atoms with E-state index in [2.05, 4.69) is 35.4 Å². The maximum atomic E-state index is 12.0. The number of hydrogen-bond acceptors (Lipinski definition) is 1. The molecule has 23 heavy (non-hydrogen) atoms. The molecule has 2 aromatic carbocycles. The van der Waals surface area contributed by atoms with E-state index in [4.69, 9.17) is 0 Å². The molecule has 3 rings (SSSR count). The molecule has 0 saturated heterocycles. The van der Waals surface area contributed by atoms with Crippen molar-refractivity contribution < 1.29 is 4.79 Å². The topological polar surface area (TPSA) is 44.9 Å². The number of carbonyl (C=O) groups excluding carboxylic acids is 1. The first-order valence-electron chi connectivity index (χ1n) is 8.01. The van der Waals surface area contributed by atoms with Crippen molar-refractivity contribution in [3.8, 4) is 0 Å². The number of aryl methyl sites for hydroxylation is 2. The van der Waals surface area contributed by atoms with Gasteiger partial charge in [-0.2, -0.15) is 0 Å². The molecule has 1 heterocycles. The summed E-state index contributed by atoms with van der Waals surface area (Å²) < 4.78 is 0. The van der Waals surface area contributed by atoms with E-state index >= 15 is 0 Å². The molecule has 1 amide bonds. The lowest BCUT2D eigenvalue weighted by molar-refractivity contribution is -0.120. The highest BCUT2D eigenvalue weighted by Gasteiger charge is 2.06. The van der Waals surface area contributed by atoms with E-state index in [1.807, 2.05) is 37.4 Å². The van der Waals surface area contributed by atoms with Gasteiger partial charge in [0.25, 0.3) is 0 Å². The van der Waals surface area contributed by atoms with Gasteiger partial charge in [0.05, 0.1) is 6.42 Å². The maximum Gasteiger partial charge on any atom is 0.224 e. The minimum Gasteiger partial charge on any atom is -0.361 e. The minimum atomic E-state index is 0.0740. The summed E-state index contributed by atoms with van der Waals surface area (Å²) in [4.78, 5) is 15.3. The molecule has 0 saturated carbocycles. The van der Waals surface area contributed by atoms with E-state index in [9.17, 15) is 4.79 Å². The molecule has 2 N–H and O–H groups in total. The first kappa shape index (κ1) is 15.3. The SMILES string of the molecule is Cc1ccc(CC(=O)NCCc2c[nH]c3ccc(C)cc23)cc1. The molecule has 0 bridgehead atoms. The molecule has 0 atom stereocenters. The average molecular weight is 306 g/mol. The Balaban J connectivity index is 1.55. The van der Waals surface area contributed by atoms with Crippen LogP contribution in [0.15, 0.2) is 48.7 Å². The summed E-state index contributed by atoms with van der Waals surface area (Å²) in [6.07, 6.45) is 3.31. The second-order valence-corrected chi connectivity index (χ2v) is 6.13. The Kier molecular flexibility index (Phi) is 4.47. The van der Waals surface area contributed by atoms with Crippen molar-refractivity contribution >= 4 is 16.8 Å². The predicted molar refractivity (Wildman–Crippen MR) is 94.6 cm³/mol. The van der Waals surface area contributed by atoms with E-state index in [1.54, 1.807) is 0 Å². The van der Waals surface area contributed by atoms with Crippen LogP contribution >= 0.6 is 0 Å². The fourth-order valence-electron chi connectivity index (χ4n) is 2.79. The summed E-state index contributed by atoms with van der Waals surface area (Å²) >= 11 is 0. The maximum absolute atomic E-state index is 12.0. The molecule has 3 nitrogen and oxygen atoms in total. The van der Waals surface area contributed by atoms with Gasteiger partial charge in [-0.05, 0) is 43.5 Å². The lowest BCUT2D eigenvalue weighted by Gasteiger charge is -2.06. The van der Waals surface area contributed by atoms with Crippen molar-refractivity contribution in [1.29, 1.82) is 0 Å². The highest BCUT2D eigenvalue weighted by Crippen LogP contribution is 2.19. The molecule has 0 radical (unpaired) electrons. The van der Waals surface area contributed by atoms with Crippen LogP contribution in [0.1, 0.15) is 22.3 Å². The average Bonchev–Trinajstić information content (AvgIpc) is 2.92. The Morgan fingerprint density at radius 2 is 1.78 bits per heavy atom. The predicted octanol–water partition coefficient (Wildman–Crippen LogP) is 3.69. The molecule has 3 heteroatoms. The third kappa shape index (κ3) is 3.81. The van der Waals surface area contributed by atoms with Crippen LogP contribution in [0.5, 0.6) is 0 Å². The van der Waals surface area contributed by atoms with E-state index < -0.39 is 0 Å². The Morgan fingerprint density at radius 3 is 2.57 bits per heavy atom. The number of rotatable bonds is 5. The van der Waals surface area contributed by atoms with Crippen molar-refractivity contribution in [2.24, 2.45) is 0 Å². The normalized spacial score (nSPS) is 10.9. The second-order valence-electron chi connectivity index (χ2n) is 6.13. The van der Waals surface area contributed by atoms with E-state index in [-0.39, 0.29) is 5.91 Å². The van der Waals surface area contributed by atoms with Gasteiger partial charge in [0.2, 0.25) is 5.91 Å². The summed E-state index contributed by atoms with van der Waals surface area (Å²) in [5, 5.41) is 4.26. The second kappa shape index (κ2) is 6.69. The monoisotopic (exact) mass is 306 g/mol. The van der Waals surface area contributed by atoms with Gasteiger partial charge in [-0.15, -0.1) is 0 Å². The Labute approximate surface area is 136 Å². The highest BCUT2D eigenvalue weighted by molar-refractivity contribution is 5.84. The number of benzene rings is 2. The molecule has 1 aromatic heterocycles. The number of carbonyl (C=O) groups is 1. The van der Waals surface area contributed by atoms with Crippen LogP contribution in [-0.4, -0.2) is 17.4 Å². The van der Waals surface area contributed by atoms with Gasteiger partial charge in [0.15, 0.2) is 0 Å². The minimum absolute atomic E-state index is 0.0740. The molecule has 3 aromatic rings. The lowest BCUT2D eigenvalue weighted by Crippen LogP contribution is -2.27. The van der Waals surface area contributed by atoms with Gasteiger partial charge in [-0.3, -0.25) is 4.79 Å². The van der Waals surface area contributed by atoms with Crippen LogP contribution < -0.4 is 5.32 Å². The number of fused-ring (bicyclic) bond motifs is 1. The van der Waals surface area contributed by atoms with Gasteiger partial charge < -0.3 is 10.3 Å². The Hall–Kier alpha value is -2.55.